The first-order chi connectivity index (χ1) is 5.70. The minimum Gasteiger partial charge on any atom is -0.301 e. The topological polar surface area (TPSA) is 3.24 Å². The van der Waals surface area contributed by atoms with Crippen molar-refractivity contribution in [1.29, 1.82) is 0 Å². The zero-order valence-corrected chi connectivity index (χ0v) is 10.9. The molecule has 0 aromatic heterocycles. The van der Waals surface area contributed by atoms with Gasteiger partial charge in [0.2, 0.25) is 0 Å². The van der Waals surface area contributed by atoms with E-state index in [1.807, 2.05) is 6.92 Å². The highest BCUT2D eigenvalue weighted by Gasteiger charge is 2.04. The molecule has 0 N–H and O–H groups in total. The van der Waals surface area contributed by atoms with E-state index in [4.69, 9.17) is 34.8 Å². The van der Waals surface area contributed by atoms with Crippen molar-refractivity contribution in [3.8, 4) is 0 Å². The van der Waals surface area contributed by atoms with E-state index in [1.54, 1.807) is 0 Å². The maximum Gasteiger partial charge on any atom is 0.0351 e. The van der Waals surface area contributed by atoms with E-state index in [9.17, 15) is 0 Å². The first-order valence-corrected chi connectivity index (χ1v) is 5.69. The zero-order chi connectivity index (χ0) is 9.40. The van der Waals surface area contributed by atoms with Crippen LogP contribution < -0.4 is 0 Å². The normalized spacial score (nSPS) is 12.7. The molecule has 0 heterocycles. The fraction of sp³-hybridized carbons (Fsp3) is 1.00. The lowest BCUT2D eigenvalue weighted by Crippen LogP contribution is -2.30. The molecule has 13 heavy (non-hydrogen) atoms. The van der Waals surface area contributed by atoms with Gasteiger partial charge >= 0.3 is 0 Å². The van der Waals surface area contributed by atoms with Crippen molar-refractivity contribution < 1.29 is 0 Å². The summed E-state index contributed by atoms with van der Waals surface area (Å²) in [7, 11) is 0. The quantitative estimate of drug-likeness (QED) is 0.641. The number of nitrogens with zero attached hydrogens (tertiary/aromatic N) is 1. The van der Waals surface area contributed by atoms with Crippen LogP contribution in [0.4, 0.5) is 0 Å². The molecule has 5 heteroatoms. The molecule has 0 amide bonds. The van der Waals surface area contributed by atoms with Crippen LogP contribution in [-0.4, -0.2) is 41.7 Å². The molecule has 0 aliphatic rings. The van der Waals surface area contributed by atoms with Crippen molar-refractivity contribution in [2.24, 2.45) is 0 Å². The maximum absolute atomic E-state index is 5.83. The lowest BCUT2D eigenvalue weighted by Gasteiger charge is -2.20. The third-order valence-electron chi connectivity index (χ3n) is 1.64. The summed E-state index contributed by atoms with van der Waals surface area (Å²) >= 11 is 17.1. The van der Waals surface area contributed by atoms with Crippen LogP contribution in [0, 0.1) is 0 Å². The molecular weight excluding hydrogens is 252 g/mol. The molecule has 0 rings (SSSR count). The maximum atomic E-state index is 5.83. The molecular formula is C8H17Cl4N. The Morgan fingerprint density at radius 3 is 1.85 bits per heavy atom. The van der Waals surface area contributed by atoms with Gasteiger partial charge in [-0.2, -0.15) is 0 Å². The third-order valence-corrected chi connectivity index (χ3v) is 2.20. The van der Waals surface area contributed by atoms with Gasteiger partial charge in [0, 0.05) is 30.2 Å². The summed E-state index contributed by atoms with van der Waals surface area (Å²) in [4.78, 5) is 2.24. The van der Waals surface area contributed by atoms with Gasteiger partial charge in [0.25, 0.3) is 0 Å². The molecule has 0 aliphatic carbocycles. The molecule has 1 nitrogen and oxygen atoms in total. The summed E-state index contributed by atoms with van der Waals surface area (Å²) in [6.45, 7) is 4.79. The smallest absolute Gasteiger partial charge is 0.0351 e. The van der Waals surface area contributed by atoms with Crippen molar-refractivity contribution in [2.75, 3.05) is 31.4 Å². The van der Waals surface area contributed by atoms with Crippen LogP contribution in [0.2, 0.25) is 0 Å². The highest BCUT2D eigenvalue weighted by Crippen LogP contribution is 2.02. The highest BCUT2D eigenvalue weighted by atomic mass is 35.5. The van der Waals surface area contributed by atoms with Gasteiger partial charge in [-0.3, -0.25) is 0 Å². The van der Waals surface area contributed by atoms with Crippen LogP contribution in [0.5, 0.6) is 0 Å². The standard InChI is InChI=1S/C8H16Cl3N.ClH/c1-8(11)2-5-12(6-3-9)7-4-10;/h8H,2-7H2,1H3;1H. The van der Waals surface area contributed by atoms with E-state index in [0.717, 1.165) is 26.1 Å². The van der Waals surface area contributed by atoms with Gasteiger partial charge in [0.05, 0.1) is 0 Å². The second kappa shape index (κ2) is 11.2. The van der Waals surface area contributed by atoms with E-state index in [1.165, 1.54) is 0 Å². The van der Waals surface area contributed by atoms with Crippen LogP contribution in [0.3, 0.4) is 0 Å². The van der Waals surface area contributed by atoms with Gasteiger partial charge in [-0.15, -0.1) is 47.2 Å². The average Bonchev–Trinajstić information content (AvgIpc) is 2.01. The van der Waals surface area contributed by atoms with Crippen LogP contribution in [0.25, 0.3) is 0 Å². The van der Waals surface area contributed by atoms with Crippen molar-refractivity contribution in [3.05, 3.63) is 0 Å². The predicted molar refractivity (Wildman–Crippen MR) is 65.1 cm³/mol. The Kier molecular flexibility index (Phi) is 14.3. The predicted octanol–water partition coefficient (Wildman–Crippen LogP) is 3.21. The zero-order valence-electron chi connectivity index (χ0n) is 7.81. The summed E-state index contributed by atoms with van der Waals surface area (Å²) < 4.78 is 0. The Labute approximate surface area is 102 Å². The van der Waals surface area contributed by atoms with E-state index in [2.05, 4.69) is 4.90 Å². The van der Waals surface area contributed by atoms with E-state index in [-0.39, 0.29) is 17.8 Å². The van der Waals surface area contributed by atoms with Crippen molar-refractivity contribution in [2.45, 2.75) is 18.7 Å². The van der Waals surface area contributed by atoms with Crippen molar-refractivity contribution >= 4 is 47.2 Å². The van der Waals surface area contributed by atoms with Crippen LogP contribution >= 0.6 is 47.2 Å². The minimum absolute atomic E-state index is 0. The molecule has 1 atom stereocenters. The Morgan fingerprint density at radius 1 is 1.08 bits per heavy atom. The first kappa shape index (κ1) is 16.5. The lowest BCUT2D eigenvalue weighted by molar-refractivity contribution is 0.303. The van der Waals surface area contributed by atoms with Crippen LogP contribution in [0.1, 0.15) is 13.3 Å². The van der Waals surface area contributed by atoms with Gasteiger partial charge in [-0.25, -0.2) is 0 Å². The second-order valence-corrected chi connectivity index (χ2v) is 4.29. The molecule has 0 radical (unpaired) electrons. The number of halogens is 4. The molecule has 0 saturated heterocycles. The van der Waals surface area contributed by atoms with Gasteiger partial charge in [-0.05, 0) is 19.9 Å². The summed E-state index contributed by atoms with van der Waals surface area (Å²) in [6.07, 6.45) is 0.995. The number of hydrogen-bond donors (Lipinski definition) is 0. The summed E-state index contributed by atoms with van der Waals surface area (Å²) in [5, 5.41) is 0.234. The van der Waals surface area contributed by atoms with E-state index >= 15 is 0 Å². The van der Waals surface area contributed by atoms with Gasteiger partial charge in [0.1, 0.15) is 0 Å². The number of hydrogen-bond acceptors (Lipinski definition) is 1. The van der Waals surface area contributed by atoms with Crippen molar-refractivity contribution in [3.63, 3.8) is 0 Å². The second-order valence-electron chi connectivity index (χ2n) is 2.79. The molecule has 0 aromatic carbocycles. The summed E-state index contributed by atoms with van der Waals surface area (Å²) in [5.74, 6) is 1.32. The largest absolute Gasteiger partial charge is 0.301 e. The Hall–Kier alpha value is 1.12. The Balaban J connectivity index is 0. The fourth-order valence-corrected chi connectivity index (χ4v) is 1.51. The van der Waals surface area contributed by atoms with E-state index in [0.29, 0.717) is 11.8 Å². The van der Waals surface area contributed by atoms with Gasteiger partial charge < -0.3 is 4.90 Å². The van der Waals surface area contributed by atoms with Crippen molar-refractivity contribution in [1.82, 2.24) is 4.90 Å². The molecule has 0 aliphatic heterocycles. The lowest BCUT2D eigenvalue weighted by atomic mass is 10.3. The molecule has 0 bridgehead atoms. The molecule has 0 saturated carbocycles. The first-order valence-electron chi connectivity index (χ1n) is 4.19. The molecule has 0 fully saturated rings. The highest BCUT2D eigenvalue weighted by molar-refractivity contribution is 6.20. The van der Waals surface area contributed by atoms with Gasteiger partial charge in [-0.1, -0.05) is 0 Å². The molecule has 82 valence electrons. The minimum atomic E-state index is 0. The monoisotopic (exact) mass is 267 g/mol. The fourth-order valence-electron chi connectivity index (χ4n) is 0.935. The van der Waals surface area contributed by atoms with E-state index < -0.39 is 0 Å². The molecule has 0 aromatic rings. The van der Waals surface area contributed by atoms with Gasteiger partial charge in [0.15, 0.2) is 0 Å². The number of alkyl halides is 3. The van der Waals surface area contributed by atoms with Crippen LogP contribution in [-0.2, 0) is 0 Å². The third kappa shape index (κ3) is 11.0. The summed E-state index contributed by atoms with van der Waals surface area (Å²) in [5.41, 5.74) is 0. The molecule has 1 unspecified atom stereocenters. The Morgan fingerprint density at radius 2 is 1.54 bits per heavy atom. The Bertz CT molecular complexity index is 94.1. The average molecular weight is 269 g/mol. The summed E-state index contributed by atoms with van der Waals surface area (Å²) in [6, 6.07) is 0. The number of rotatable bonds is 7. The van der Waals surface area contributed by atoms with Crippen LogP contribution in [0.15, 0.2) is 0 Å². The molecule has 0 spiro atoms. The SMILES string of the molecule is CC(Cl)CCN(CCCl)CCCl.Cl.